The highest BCUT2D eigenvalue weighted by atomic mass is 32.2. The van der Waals surface area contributed by atoms with Crippen LogP contribution in [0.25, 0.3) is 0 Å². The van der Waals surface area contributed by atoms with Gasteiger partial charge in [0.05, 0.1) is 17.1 Å². The predicted octanol–water partition coefficient (Wildman–Crippen LogP) is 1.87. The highest BCUT2D eigenvalue weighted by Gasteiger charge is 2.42. The van der Waals surface area contributed by atoms with Crippen molar-refractivity contribution in [2.24, 2.45) is 0 Å². The Morgan fingerprint density at radius 3 is 2.18 bits per heavy atom. The Kier molecular flexibility index (Phi) is 6.27. The van der Waals surface area contributed by atoms with Crippen molar-refractivity contribution in [1.29, 1.82) is 0 Å². The van der Waals surface area contributed by atoms with Crippen LogP contribution in [0, 0.1) is 0 Å². The number of rotatable bonds is 8. The van der Waals surface area contributed by atoms with E-state index >= 15 is 0 Å². The molecule has 0 aromatic heterocycles. The lowest BCUT2D eigenvalue weighted by Gasteiger charge is -2.28. The van der Waals surface area contributed by atoms with Crippen LogP contribution in [0.2, 0.25) is 0 Å². The molecule has 8 heteroatoms. The summed E-state index contributed by atoms with van der Waals surface area (Å²) in [6.45, 7) is 5.53. The summed E-state index contributed by atoms with van der Waals surface area (Å²) in [6.07, 6.45) is 2.22. The van der Waals surface area contributed by atoms with Crippen LogP contribution in [0.4, 0.5) is 5.69 Å². The van der Waals surface area contributed by atoms with Gasteiger partial charge in [-0.15, -0.1) is 0 Å². The second-order valence-electron chi connectivity index (χ2n) is 7.38. The van der Waals surface area contributed by atoms with E-state index in [4.69, 9.17) is 4.74 Å². The number of hydrogen-bond acceptors (Lipinski definition) is 6. The number of anilines is 1. The third-order valence-electron chi connectivity index (χ3n) is 5.39. The molecular formula is C20H28N2O5S. The van der Waals surface area contributed by atoms with Crippen molar-refractivity contribution in [2.75, 3.05) is 36.1 Å². The van der Waals surface area contributed by atoms with Gasteiger partial charge in [0.2, 0.25) is 0 Å². The van der Waals surface area contributed by atoms with E-state index in [0.29, 0.717) is 12.0 Å². The summed E-state index contributed by atoms with van der Waals surface area (Å²) < 4.78 is 28.7. The molecule has 1 aliphatic heterocycles. The molecule has 2 aliphatic rings. The van der Waals surface area contributed by atoms with Crippen molar-refractivity contribution in [3.05, 3.63) is 29.8 Å². The van der Waals surface area contributed by atoms with Crippen LogP contribution in [-0.2, 0) is 19.4 Å². The van der Waals surface area contributed by atoms with Crippen LogP contribution in [-0.4, -0.2) is 68.5 Å². The van der Waals surface area contributed by atoms with Crippen LogP contribution in [0.5, 0.6) is 0 Å². The molecule has 1 aliphatic carbocycles. The van der Waals surface area contributed by atoms with Crippen LogP contribution < -0.4 is 4.90 Å². The molecule has 0 N–H and O–H groups in total. The first-order chi connectivity index (χ1) is 13.3. The number of sulfone groups is 1. The summed E-state index contributed by atoms with van der Waals surface area (Å²) in [6, 6.07) is 6.91. The highest BCUT2D eigenvalue weighted by Crippen LogP contribution is 2.32. The number of nitrogens with zero attached hydrogens (tertiary/aromatic N) is 2. The zero-order valence-electron chi connectivity index (χ0n) is 16.5. The van der Waals surface area contributed by atoms with E-state index in [1.807, 2.05) is 12.1 Å². The van der Waals surface area contributed by atoms with Crippen molar-refractivity contribution in [3.63, 3.8) is 0 Å². The van der Waals surface area contributed by atoms with Gasteiger partial charge >= 0.3 is 5.97 Å². The zero-order valence-corrected chi connectivity index (χ0v) is 17.3. The van der Waals surface area contributed by atoms with Crippen LogP contribution in [0.15, 0.2) is 24.3 Å². The van der Waals surface area contributed by atoms with Gasteiger partial charge in [-0.25, -0.2) is 13.2 Å². The van der Waals surface area contributed by atoms with E-state index in [9.17, 15) is 18.0 Å². The SMILES string of the molecule is CCN(CC)c1ccc(C(=O)OCC(=O)N(C2CC2)[C@@H]2CCS(=O)(=O)C2)cc1. The van der Waals surface area contributed by atoms with E-state index in [0.717, 1.165) is 31.6 Å². The Morgan fingerprint density at radius 2 is 1.68 bits per heavy atom. The quantitative estimate of drug-likeness (QED) is 0.611. The van der Waals surface area contributed by atoms with E-state index in [1.54, 1.807) is 17.0 Å². The minimum absolute atomic E-state index is 0.00993. The fourth-order valence-electron chi connectivity index (χ4n) is 3.74. The number of carbonyl (C=O) groups excluding carboxylic acids is 2. The summed E-state index contributed by atoms with van der Waals surface area (Å²) in [4.78, 5) is 28.7. The molecule has 1 saturated carbocycles. The zero-order chi connectivity index (χ0) is 20.3. The van der Waals surface area contributed by atoms with E-state index in [1.165, 1.54) is 0 Å². The van der Waals surface area contributed by atoms with Gasteiger partial charge < -0.3 is 14.5 Å². The Labute approximate surface area is 166 Å². The molecule has 0 unspecified atom stereocenters. The standard InChI is InChI=1S/C20H28N2O5S/c1-3-21(4-2)16-7-5-15(6-8-16)20(24)27-13-19(23)22(17-9-10-17)18-11-12-28(25,26)14-18/h5-8,17-18H,3-4,9-14H2,1-2H3/t18-/m1/s1. The lowest BCUT2D eigenvalue weighted by atomic mass is 10.2. The van der Waals surface area contributed by atoms with Gasteiger partial charge in [0.1, 0.15) is 0 Å². The Bertz CT molecular complexity index is 814. The van der Waals surface area contributed by atoms with Gasteiger partial charge in [0.25, 0.3) is 5.91 Å². The number of carbonyl (C=O) groups is 2. The third kappa shape index (κ3) is 4.84. The van der Waals surface area contributed by atoms with Crippen molar-refractivity contribution in [1.82, 2.24) is 4.90 Å². The summed E-state index contributed by atoms with van der Waals surface area (Å²) in [7, 11) is -3.08. The van der Waals surface area contributed by atoms with E-state index < -0.39 is 15.8 Å². The molecule has 28 heavy (non-hydrogen) atoms. The average molecular weight is 409 g/mol. The molecule has 1 aromatic rings. The van der Waals surface area contributed by atoms with Crippen molar-refractivity contribution in [3.8, 4) is 0 Å². The third-order valence-corrected chi connectivity index (χ3v) is 7.14. The average Bonchev–Trinajstić information content (AvgIpc) is 3.44. The fourth-order valence-corrected chi connectivity index (χ4v) is 5.45. The maximum Gasteiger partial charge on any atom is 0.338 e. The van der Waals surface area contributed by atoms with E-state index in [2.05, 4.69) is 18.7 Å². The van der Waals surface area contributed by atoms with Crippen molar-refractivity contribution >= 4 is 27.4 Å². The first-order valence-corrected chi connectivity index (χ1v) is 11.7. The molecule has 2 fully saturated rings. The maximum atomic E-state index is 12.6. The Morgan fingerprint density at radius 1 is 1.04 bits per heavy atom. The van der Waals surface area contributed by atoms with Crippen LogP contribution in [0.1, 0.15) is 43.5 Å². The first-order valence-electron chi connectivity index (χ1n) is 9.88. The van der Waals surface area contributed by atoms with Crippen LogP contribution >= 0.6 is 0 Å². The predicted molar refractivity (Wildman–Crippen MR) is 107 cm³/mol. The lowest BCUT2D eigenvalue weighted by Crippen LogP contribution is -2.44. The summed E-state index contributed by atoms with van der Waals surface area (Å²) in [5.41, 5.74) is 1.42. The molecular weight excluding hydrogens is 380 g/mol. The van der Waals surface area contributed by atoms with Crippen LogP contribution in [0.3, 0.4) is 0 Å². The molecule has 7 nitrogen and oxygen atoms in total. The topological polar surface area (TPSA) is 84.0 Å². The van der Waals surface area contributed by atoms with Gasteiger partial charge in [-0.2, -0.15) is 0 Å². The fraction of sp³-hybridized carbons (Fsp3) is 0.600. The molecule has 1 atom stereocenters. The van der Waals surface area contributed by atoms with Crippen molar-refractivity contribution in [2.45, 2.75) is 45.2 Å². The second kappa shape index (κ2) is 8.51. The summed E-state index contributed by atoms with van der Waals surface area (Å²) in [5.74, 6) is -0.727. The molecule has 1 heterocycles. The van der Waals surface area contributed by atoms with Gasteiger partial charge in [0, 0.05) is 30.9 Å². The normalized spacial score (nSPS) is 20.6. The van der Waals surface area contributed by atoms with Crippen molar-refractivity contribution < 1.29 is 22.7 Å². The molecule has 1 aromatic carbocycles. The number of ether oxygens (including phenoxy) is 1. The molecule has 0 spiro atoms. The molecule has 0 radical (unpaired) electrons. The largest absolute Gasteiger partial charge is 0.452 e. The molecule has 0 bridgehead atoms. The Hall–Kier alpha value is -2.09. The first kappa shape index (κ1) is 20.6. The number of hydrogen-bond donors (Lipinski definition) is 0. The minimum atomic E-state index is -3.08. The van der Waals surface area contributed by atoms with Gasteiger partial charge in [-0.05, 0) is 57.4 Å². The molecule has 1 amide bonds. The summed E-state index contributed by atoms with van der Waals surface area (Å²) in [5, 5.41) is 0. The number of amides is 1. The Balaban J connectivity index is 1.58. The number of esters is 1. The number of benzene rings is 1. The van der Waals surface area contributed by atoms with Gasteiger partial charge in [-0.1, -0.05) is 0 Å². The van der Waals surface area contributed by atoms with Gasteiger partial charge in [-0.3, -0.25) is 4.79 Å². The monoisotopic (exact) mass is 408 g/mol. The smallest absolute Gasteiger partial charge is 0.338 e. The highest BCUT2D eigenvalue weighted by molar-refractivity contribution is 7.91. The molecule has 3 rings (SSSR count). The van der Waals surface area contributed by atoms with E-state index in [-0.39, 0.29) is 36.1 Å². The minimum Gasteiger partial charge on any atom is -0.452 e. The van der Waals surface area contributed by atoms with Gasteiger partial charge in [0.15, 0.2) is 16.4 Å². The lowest BCUT2D eigenvalue weighted by molar-refractivity contribution is -0.137. The second-order valence-corrected chi connectivity index (χ2v) is 9.61. The molecule has 1 saturated heterocycles. The maximum absolute atomic E-state index is 12.6. The summed E-state index contributed by atoms with van der Waals surface area (Å²) >= 11 is 0. The molecule has 154 valence electrons.